The van der Waals surface area contributed by atoms with Gasteiger partial charge >= 0.3 is 0 Å². The predicted molar refractivity (Wildman–Crippen MR) is 319 cm³/mol. The van der Waals surface area contributed by atoms with Gasteiger partial charge in [0.05, 0.1) is 0 Å². The van der Waals surface area contributed by atoms with Crippen LogP contribution in [0.1, 0.15) is 0 Å². The fraction of sp³-hybridized carbons (Fsp3) is 0. The van der Waals surface area contributed by atoms with Gasteiger partial charge in [-0.2, -0.15) is 0 Å². The molecule has 0 aromatic heterocycles. The molecule has 0 nitrogen and oxygen atoms in total. The van der Waals surface area contributed by atoms with E-state index in [9.17, 15) is 0 Å². The molecule has 15 aromatic carbocycles. The molecule has 15 aromatic rings. The number of hydrogen-bond donors (Lipinski definition) is 0. The average molecular weight is 935 g/mol. The van der Waals surface area contributed by atoms with Crippen LogP contribution in [0, 0.1) is 0 Å². The van der Waals surface area contributed by atoms with E-state index in [0.717, 1.165) is 0 Å². The standard InChI is InChI=1S/C74H46/c1-3-21-49(22-4-1)66-45-53(72-60-33-13-17-37-64(60)74(65-38-18-14-34-61(65)72)57-40-20-28-48-24-8-10-30-55(48)57)46-69-68(66)43-51-41-42-52(44-67(51)70(69)50-25-5-2-6-26-50)71-58-31-11-15-35-62(58)73(63-36-16-12-32-59(63)71)56-39-19-27-47-23-7-9-29-54(47)56/h1-46H. The molecule has 0 fully saturated rings. The third-order valence-corrected chi connectivity index (χ3v) is 15.8. The van der Waals surface area contributed by atoms with Crippen molar-refractivity contribution in [3.05, 3.63) is 279 Å². The third-order valence-electron chi connectivity index (χ3n) is 15.8. The van der Waals surface area contributed by atoms with Gasteiger partial charge in [0.15, 0.2) is 0 Å². The Hall–Kier alpha value is -9.62. The van der Waals surface area contributed by atoms with Crippen LogP contribution in [-0.2, 0) is 0 Å². The molecule has 0 aliphatic rings. The van der Waals surface area contributed by atoms with E-state index in [2.05, 4.69) is 279 Å². The van der Waals surface area contributed by atoms with Gasteiger partial charge in [-0.15, -0.1) is 0 Å². The normalized spacial score (nSPS) is 11.8. The molecule has 0 heterocycles. The van der Waals surface area contributed by atoms with Gasteiger partial charge in [-0.1, -0.05) is 255 Å². The lowest BCUT2D eigenvalue weighted by Gasteiger charge is -2.22. The Morgan fingerprint density at radius 1 is 0.135 bits per heavy atom. The summed E-state index contributed by atoms with van der Waals surface area (Å²) in [6.45, 7) is 0. The average Bonchev–Trinajstić information content (AvgIpc) is 3.47. The first kappa shape index (κ1) is 42.1. The van der Waals surface area contributed by atoms with Crippen molar-refractivity contribution in [2.24, 2.45) is 0 Å². The van der Waals surface area contributed by atoms with Gasteiger partial charge < -0.3 is 0 Å². The van der Waals surface area contributed by atoms with E-state index >= 15 is 0 Å². The molecule has 0 unspecified atom stereocenters. The van der Waals surface area contributed by atoms with E-state index in [1.54, 1.807) is 0 Å². The highest BCUT2D eigenvalue weighted by molar-refractivity contribution is 6.27. The maximum absolute atomic E-state index is 2.51. The highest BCUT2D eigenvalue weighted by Crippen LogP contribution is 2.51. The molecular weight excluding hydrogens is 889 g/mol. The van der Waals surface area contributed by atoms with Crippen LogP contribution in [0.4, 0.5) is 0 Å². The van der Waals surface area contributed by atoms with Crippen molar-refractivity contribution in [3.63, 3.8) is 0 Å². The first-order chi connectivity index (χ1) is 36.7. The zero-order valence-electron chi connectivity index (χ0n) is 40.6. The molecule has 74 heavy (non-hydrogen) atoms. The maximum Gasteiger partial charge on any atom is -0.00201 e. The second-order valence-corrected chi connectivity index (χ2v) is 19.8. The van der Waals surface area contributed by atoms with Crippen molar-refractivity contribution >= 4 is 86.2 Å². The van der Waals surface area contributed by atoms with Gasteiger partial charge in [0.2, 0.25) is 0 Å². The third kappa shape index (κ3) is 6.55. The molecule has 15 rings (SSSR count). The molecular formula is C74H46. The Kier molecular flexibility index (Phi) is 9.68. The van der Waals surface area contributed by atoms with Crippen LogP contribution >= 0.6 is 0 Å². The van der Waals surface area contributed by atoms with Crippen molar-refractivity contribution in [2.75, 3.05) is 0 Å². The summed E-state index contributed by atoms with van der Waals surface area (Å²) in [5.74, 6) is 0. The molecule has 0 amide bonds. The van der Waals surface area contributed by atoms with Crippen LogP contribution in [0.5, 0.6) is 0 Å². The summed E-state index contributed by atoms with van der Waals surface area (Å²) >= 11 is 0. The first-order valence-corrected chi connectivity index (χ1v) is 25.7. The summed E-state index contributed by atoms with van der Waals surface area (Å²) in [5.41, 5.74) is 14.8. The van der Waals surface area contributed by atoms with Crippen LogP contribution < -0.4 is 0 Å². The van der Waals surface area contributed by atoms with E-state index < -0.39 is 0 Å². The highest BCUT2D eigenvalue weighted by Gasteiger charge is 2.23. The van der Waals surface area contributed by atoms with Crippen molar-refractivity contribution < 1.29 is 0 Å². The summed E-state index contributed by atoms with van der Waals surface area (Å²) < 4.78 is 0. The van der Waals surface area contributed by atoms with Gasteiger partial charge in [0.25, 0.3) is 0 Å². The minimum absolute atomic E-state index is 1.19. The highest BCUT2D eigenvalue weighted by atomic mass is 14.3. The lowest BCUT2D eigenvalue weighted by Crippen LogP contribution is -1.94. The van der Waals surface area contributed by atoms with Gasteiger partial charge in [-0.25, -0.2) is 0 Å². The summed E-state index contributed by atoms with van der Waals surface area (Å²) in [7, 11) is 0. The van der Waals surface area contributed by atoms with Gasteiger partial charge in [-0.3, -0.25) is 0 Å². The fourth-order valence-corrected chi connectivity index (χ4v) is 12.6. The van der Waals surface area contributed by atoms with Crippen LogP contribution in [-0.4, -0.2) is 0 Å². The second-order valence-electron chi connectivity index (χ2n) is 19.8. The zero-order valence-corrected chi connectivity index (χ0v) is 40.6. The van der Waals surface area contributed by atoms with E-state index in [-0.39, 0.29) is 0 Å². The summed E-state index contributed by atoms with van der Waals surface area (Å²) in [5, 5.41) is 19.9. The molecule has 0 heteroatoms. The summed E-state index contributed by atoms with van der Waals surface area (Å²) in [4.78, 5) is 0. The molecule has 0 saturated heterocycles. The number of hydrogen-bond acceptors (Lipinski definition) is 0. The topological polar surface area (TPSA) is 0 Å². The van der Waals surface area contributed by atoms with Crippen molar-refractivity contribution in [1.82, 2.24) is 0 Å². The molecule has 0 aliphatic heterocycles. The monoisotopic (exact) mass is 934 g/mol. The number of fused-ring (bicyclic) bond motifs is 8. The molecule has 342 valence electrons. The Morgan fingerprint density at radius 2 is 0.500 bits per heavy atom. The van der Waals surface area contributed by atoms with Gasteiger partial charge in [0.1, 0.15) is 0 Å². The van der Waals surface area contributed by atoms with Crippen LogP contribution in [0.2, 0.25) is 0 Å². The van der Waals surface area contributed by atoms with Crippen molar-refractivity contribution in [3.8, 4) is 66.8 Å². The van der Waals surface area contributed by atoms with E-state index in [1.165, 1.54) is 153 Å². The molecule has 0 bridgehead atoms. The zero-order chi connectivity index (χ0) is 48.7. The summed E-state index contributed by atoms with van der Waals surface area (Å²) in [6.07, 6.45) is 0. The van der Waals surface area contributed by atoms with Crippen LogP contribution in [0.15, 0.2) is 279 Å². The van der Waals surface area contributed by atoms with Crippen LogP contribution in [0.3, 0.4) is 0 Å². The Balaban J connectivity index is 1.05. The molecule has 0 atom stereocenters. The van der Waals surface area contributed by atoms with Crippen molar-refractivity contribution in [1.29, 1.82) is 0 Å². The first-order valence-electron chi connectivity index (χ1n) is 25.7. The molecule has 0 saturated carbocycles. The van der Waals surface area contributed by atoms with E-state index in [4.69, 9.17) is 0 Å². The lowest BCUT2D eigenvalue weighted by atomic mass is 9.81. The quantitative estimate of drug-likeness (QED) is 0.146. The lowest BCUT2D eigenvalue weighted by molar-refractivity contribution is 1.63. The molecule has 0 aliphatic carbocycles. The number of rotatable bonds is 6. The van der Waals surface area contributed by atoms with Gasteiger partial charge in [0, 0.05) is 0 Å². The minimum Gasteiger partial charge on any atom is -0.0622 e. The Labute approximate surface area is 429 Å². The Morgan fingerprint density at radius 3 is 0.986 bits per heavy atom. The van der Waals surface area contributed by atoms with E-state index in [0.29, 0.717) is 0 Å². The van der Waals surface area contributed by atoms with E-state index in [1.807, 2.05) is 0 Å². The predicted octanol–water partition coefficient (Wildman–Crippen LogP) is 20.9. The fourth-order valence-electron chi connectivity index (χ4n) is 12.6. The summed E-state index contributed by atoms with van der Waals surface area (Å²) in [6, 6.07) is 104. The maximum atomic E-state index is 2.51. The van der Waals surface area contributed by atoms with Crippen molar-refractivity contribution in [2.45, 2.75) is 0 Å². The second kappa shape index (κ2) is 17.0. The molecule has 0 N–H and O–H groups in total. The van der Waals surface area contributed by atoms with Gasteiger partial charge in [-0.05, 0) is 177 Å². The smallest absolute Gasteiger partial charge is 0.00201 e. The molecule has 0 spiro atoms. The van der Waals surface area contributed by atoms with Crippen LogP contribution in [0.25, 0.3) is 153 Å². The minimum atomic E-state index is 1.19. The number of benzene rings is 15. The Bertz CT molecular complexity index is 4630. The molecule has 0 radical (unpaired) electrons. The SMILES string of the molecule is c1ccc(-c2cc(-c3c4ccccc4c(-c4cccc5ccccc45)c4ccccc34)cc3c(-c4ccccc4)c4cc(-c5c6ccccc6c(-c6cccc7ccccc67)c6ccccc56)ccc4cc23)cc1. The largest absolute Gasteiger partial charge is 0.0622 e.